The van der Waals surface area contributed by atoms with Crippen LogP contribution in [0.2, 0.25) is 5.02 Å². The SMILES string of the molecule is Clc1cc(-c2c3ccccc3c(Br)c3ccccc23)cc2c1oc1ccccc12. The predicted molar refractivity (Wildman–Crippen MR) is 127 cm³/mol. The number of rotatable bonds is 1. The topological polar surface area (TPSA) is 13.1 Å². The highest BCUT2D eigenvalue weighted by Gasteiger charge is 2.17. The lowest BCUT2D eigenvalue weighted by atomic mass is 9.91. The molecule has 29 heavy (non-hydrogen) atoms. The number of fused-ring (bicyclic) bond motifs is 5. The lowest BCUT2D eigenvalue weighted by molar-refractivity contribution is 0.669. The summed E-state index contributed by atoms with van der Waals surface area (Å²) < 4.78 is 7.15. The van der Waals surface area contributed by atoms with Crippen molar-refractivity contribution in [3.05, 3.63) is 94.4 Å². The minimum atomic E-state index is 0.629. The van der Waals surface area contributed by atoms with Gasteiger partial charge in [0.2, 0.25) is 0 Å². The average Bonchev–Trinajstić information content (AvgIpc) is 3.14. The monoisotopic (exact) mass is 456 g/mol. The maximum atomic E-state index is 6.71. The Hall–Kier alpha value is -2.81. The molecular weight excluding hydrogens is 444 g/mol. The zero-order valence-corrected chi connectivity index (χ0v) is 17.6. The molecule has 0 aliphatic heterocycles. The fourth-order valence-corrected chi connectivity index (χ4v) is 5.27. The van der Waals surface area contributed by atoms with Crippen molar-refractivity contribution in [2.24, 2.45) is 0 Å². The smallest absolute Gasteiger partial charge is 0.154 e. The first-order chi connectivity index (χ1) is 14.2. The standard InChI is InChI=1S/C26H14BrClO/c27-25-19-10-3-1-8-17(19)24(18-9-2-4-11-20(18)25)15-13-21-16-7-5-6-12-23(16)29-26(21)22(28)14-15/h1-14H. The lowest BCUT2D eigenvalue weighted by Gasteiger charge is -2.14. The second kappa shape index (κ2) is 6.35. The van der Waals surface area contributed by atoms with Crippen LogP contribution >= 0.6 is 27.5 Å². The van der Waals surface area contributed by atoms with Crippen LogP contribution in [0.4, 0.5) is 0 Å². The Bertz CT molecular complexity index is 1520. The van der Waals surface area contributed by atoms with Crippen LogP contribution in [-0.4, -0.2) is 0 Å². The maximum absolute atomic E-state index is 6.71. The molecule has 0 amide bonds. The van der Waals surface area contributed by atoms with E-state index in [9.17, 15) is 0 Å². The largest absolute Gasteiger partial charge is 0.454 e. The van der Waals surface area contributed by atoms with Gasteiger partial charge in [0.25, 0.3) is 0 Å². The molecule has 0 fully saturated rings. The van der Waals surface area contributed by atoms with Gasteiger partial charge in [-0.15, -0.1) is 0 Å². The van der Waals surface area contributed by atoms with Crippen molar-refractivity contribution in [2.45, 2.75) is 0 Å². The molecule has 0 aliphatic carbocycles. The van der Waals surface area contributed by atoms with E-state index in [1.165, 1.54) is 27.1 Å². The highest BCUT2D eigenvalue weighted by Crippen LogP contribution is 2.44. The van der Waals surface area contributed by atoms with E-state index >= 15 is 0 Å². The van der Waals surface area contributed by atoms with E-state index in [4.69, 9.17) is 16.0 Å². The summed E-state index contributed by atoms with van der Waals surface area (Å²) in [5.74, 6) is 0. The van der Waals surface area contributed by atoms with Gasteiger partial charge >= 0.3 is 0 Å². The van der Waals surface area contributed by atoms with Gasteiger partial charge in [-0.05, 0) is 66.8 Å². The molecule has 0 unspecified atom stereocenters. The van der Waals surface area contributed by atoms with Crippen LogP contribution in [0.25, 0.3) is 54.6 Å². The summed E-state index contributed by atoms with van der Waals surface area (Å²) in [4.78, 5) is 0. The lowest BCUT2D eigenvalue weighted by Crippen LogP contribution is -1.88. The number of para-hydroxylation sites is 1. The molecule has 3 heteroatoms. The summed E-state index contributed by atoms with van der Waals surface area (Å²) in [5, 5.41) is 7.52. The number of halogens is 2. The maximum Gasteiger partial charge on any atom is 0.154 e. The fraction of sp³-hybridized carbons (Fsp3) is 0. The first kappa shape index (κ1) is 17.1. The van der Waals surface area contributed by atoms with Crippen molar-refractivity contribution < 1.29 is 4.42 Å². The van der Waals surface area contributed by atoms with E-state index in [0.29, 0.717) is 5.02 Å². The van der Waals surface area contributed by atoms with Gasteiger partial charge in [0.15, 0.2) is 5.58 Å². The highest BCUT2D eigenvalue weighted by atomic mass is 79.9. The minimum absolute atomic E-state index is 0.629. The molecule has 6 aromatic rings. The number of benzene rings is 5. The molecule has 1 aromatic heterocycles. The first-order valence-corrected chi connectivity index (χ1v) is 10.6. The molecule has 1 nitrogen and oxygen atoms in total. The minimum Gasteiger partial charge on any atom is -0.454 e. The van der Waals surface area contributed by atoms with Crippen LogP contribution in [0, 0.1) is 0 Å². The second-order valence-corrected chi connectivity index (χ2v) is 8.41. The van der Waals surface area contributed by atoms with Crippen LogP contribution in [-0.2, 0) is 0 Å². The Labute approximate surface area is 180 Å². The molecule has 0 bridgehead atoms. The van der Waals surface area contributed by atoms with E-state index in [1.54, 1.807) is 0 Å². The molecule has 0 aliphatic rings. The summed E-state index contributed by atoms with van der Waals surface area (Å²) in [6.45, 7) is 0. The third-order valence-electron chi connectivity index (χ3n) is 5.59. The molecule has 6 rings (SSSR count). The van der Waals surface area contributed by atoms with Crippen molar-refractivity contribution in [1.29, 1.82) is 0 Å². The highest BCUT2D eigenvalue weighted by molar-refractivity contribution is 9.10. The van der Waals surface area contributed by atoms with Crippen molar-refractivity contribution in [3.8, 4) is 11.1 Å². The number of hydrogen-bond acceptors (Lipinski definition) is 1. The second-order valence-electron chi connectivity index (χ2n) is 7.21. The molecule has 0 atom stereocenters. The van der Waals surface area contributed by atoms with Crippen molar-refractivity contribution in [3.63, 3.8) is 0 Å². The van der Waals surface area contributed by atoms with Crippen molar-refractivity contribution in [2.75, 3.05) is 0 Å². The van der Waals surface area contributed by atoms with E-state index in [2.05, 4.69) is 76.6 Å². The molecular formula is C26H14BrClO. The molecule has 0 saturated carbocycles. The quantitative estimate of drug-likeness (QED) is 0.224. The molecule has 0 spiro atoms. The Kier molecular flexibility index (Phi) is 3.74. The van der Waals surface area contributed by atoms with Gasteiger partial charge in [-0.2, -0.15) is 0 Å². The summed E-state index contributed by atoms with van der Waals surface area (Å²) >= 11 is 10.5. The van der Waals surface area contributed by atoms with Gasteiger partial charge in [-0.1, -0.05) is 78.3 Å². The van der Waals surface area contributed by atoms with Gasteiger partial charge in [0, 0.05) is 15.2 Å². The van der Waals surface area contributed by atoms with E-state index < -0.39 is 0 Å². The van der Waals surface area contributed by atoms with Gasteiger partial charge in [-0.25, -0.2) is 0 Å². The van der Waals surface area contributed by atoms with Crippen LogP contribution in [0.5, 0.6) is 0 Å². The van der Waals surface area contributed by atoms with E-state index in [0.717, 1.165) is 32.0 Å². The Morgan fingerprint density at radius 1 is 0.621 bits per heavy atom. The molecule has 0 radical (unpaired) electrons. The first-order valence-electron chi connectivity index (χ1n) is 9.42. The molecule has 1 heterocycles. The van der Waals surface area contributed by atoms with Crippen LogP contribution in [0.15, 0.2) is 93.8 Å². The van der Waals surface area contributed by atoms with Crippen LogP contribution in [0.1, 0.15) is 0 Å². The van der Waals surface area contributed by atoms with Crippen LogP contribution < -0.4 is 0 Å². The van der Waals surface area contributed by atoms with E-state index in [1.807, 2.05) is 24.3 Å². The Morgan fingerprint density at radius 2 is 1.17 bits per heavy atom. The fourth-order valence-electron chi connectivity index (χ4n) is 4.32. The van der Waals surface area contributed by atoms with Gasteiger partial charge in [0.1, 0.15) is 5.58 Å². The zero-order chi connectivity index (χ0) is 19.5. The van der Waals surface area contributed by atoms with Gasteiger partial charge in [-0.3, -0.25) is 0 Å². The van der Waals surface area contributed by atoms with Crippen molar-refractivity contribution >= 4 is 71.0 Å². The molecule has 0 N–H and O–H groups in total. The molecule has 5 aromatic carbocycles. The summed E-state index contributed by atoms with van der Waals surface area (Å²) in [6.07, 6.45) is 0. The predicted octanol–water partition coefficient (Wildman–Crippen LogP) is 8.98. The summed E-state index contributed by atoms with van der Waals surface area (Å²) in [6, 6.07) is 29.3. The van der Waals surface area contributed by atoms with Crippen molar-refractivity contribution in [1.82, 2.24) is 0 Å². The average molecular weight is 458 g/mol. The third-order valence-corrected chi connectivity index (χ3v) is 6.72. The Morgan fingerprint density at radius 3 is 1.83 bits per heavy atom. The van der Waals surface area contributed by atoms with Crippen LogP contribution in [0.3, 0.4) is 0 Å². The van der Waals surface area contributed by atoms with E-state index in [-0.39, 0.29) is 0 Å². The normalized spacial score (nSPS) is 11.8. The summed E-state index contributed by atoms with van der Waals surface area (Å²) in [5.41, 5.74) is 3.87. The number of hydrogen-bond donors (Lipinski definition) is 0. The third kappa shape index (κ3) is 2.46. The van der Waals surface area contributed by atoms with Gasteiger partial charge in [0.05, 0.1) is 5.02 Å². The Balaban J connectivity index is 1.81. The summed E-state index contributed by atoms with van der Waals surface area (Å²) in [7, 11) is 0. The number of furan rings is 1. The van der Waals surface area contributed by atoms with Gasteiger partial charge < -0.3 is 4.42 Å². The zero-order valence-electron chi connectivity index (χ0n) is 15.2. The molecule has 0 saturated heterocycles. The molecule has 138 valence electrons.